The maximum absolute atomic E-state index is 10.9. The smallest absolute Gasteiger partial charge is 0.320 e. The third-order valence-electron chi connectivity index (χ3n) is 3.29. The summed E-state index contributed by atoms with van der Waals surface area (Å²) in [7, 11) is 1.74. The molecule has 0 fully saturated rings. The number of benzene rings is 1. The lowest BCUT2D eigenvalue weighted by molar-refractivity contribution is -0.142. The first-order valence-corrected chi connectivity index (χ1v) is 7.11. The number of rotatable bonds is 5. The zero-order valence-corrected chi connectivity index (χ0v) is 13.1. The molecule has 0 spiro atoms. The van der Waals surface area contributed by atoms with Gasteiger partial charge in [-0.15, -0.1) is 0 Å². The number of nitrogens with zero attached hydrogens (tertiary/aromatic N) is 1. The molecule has 0 aliphatic heterocycles. The summed E-state index contributed by atoms with van der Waals surface area (Å²) in [5.74, 6) is 0.486. The van der Waals surface area contributed by atoms with Crippen LogP contribution in [0.15, 0.2) is 34.7 Å². The molecular weight excluding hydrogens is 313 g/mol. The van der Waals surface area contributed by atoms with E-state index >= 15 is 0 Å². The van der Waals surface area contributed by atoms with Gasteiger partial charge in [0.2, 0.25) is 0 Å². The average Bonchev–Trinajstić information content (AvgIpc) is 2.89. The highest BCUT2D eigenvalue weighted by molar-refractivity contribution is 6.42. The van der Waals surface area contributed by atoms with Gasteiger partial charge in [0.1, 0.15) is 17.6 Å². The van der Waals surface area contributed by atoms with E-state index in [1.165, 1.54) is 0 Å². The third kappa shape index (κ3) is 3.79. The van der Waals surface area contributed by atoms with Crippen molar-refractivity contribution in [3.63, 3.8) is 0 Å². The Labute approximate surface area is 132 Å². The summed E-state index contributed by atoms with van der Waals surface area (Å²) in [6.45, 7) is 2.04. The van der Waals surface area contributed by atoms with Gasteiger partial charge in [0, 0.05) is 5.56 Å². The maximum atomic E-state index is 10.9. The van der Waals surface area contributed by atoms with Crippen molar-refractivity contribution in [2.24, 2.45) is 0 Å². The Kier molecular flexibility index (Phi) is 4.93. The van der Waals surface area contributed by atoms with Crippen molar-refractivity contribution in [3.8, 4) is 11.3 Å². The molecule has 1 atom stereocenters. The van der Waals surface area contributed by atoms with Gasteiger partial charge in [-0.3, -0.25) is 9.69 Å². The molecule has 0 radical (unpaired) electrons. The van der Waals surface area contributed by atoms with E-state index in [1.807, 2.05) is 18.2 Å². The molecule has 4 nitrogen and oxygen atoms in total. The van der Waals surface area contributed by atoms with Gasteiger partial charge in [0.15, 0.2) is 0 Å². The summed E-state index contributed by atoms with van der Waals surface area (Å²) < 4.78 is 5.73. The molecule has 6 heteroatoms. The first-order valence-electron chi connectivity index (χ1n) is 6.35. The number of carboxylic acid groups (broad SMARTS) is 1. The number of furan rings is 1. The summed E-state index contributed by atoms with van der Waals surface area (Å²) in [6, 6.07) is 8.33. The number of aliphatic carboxylic acids is 1. The fourth-order valence-electron chi connectivity index (χ4n) is 1.84. The number of likely N-dealkylation sites (N-methyl/N-ethyl adjacent to an activating group) is 1. The maximum Gasteiger partial charge on any atom is 0.320 e. The third-order valence-corrected chi connectivity index (χ3v) is 4.03. The number of hydrogen-bond acceptors (Lipinski definition) is 3. The Morgan fingerprint density at radius 1 is 1.29 bits per heavy atom. The number of carbonyl (C=O) groups is 1. The highest BCUT2D eigenvalue weighted by Gasteiger charge is 2.18. The monoisotopic (exact) mass is 327 g/mol. The summed E-state index contributed by atoms with van der Waals surface area (Å²) in [6.07, 6.45) is 0. The van der Waals surface area contributed by atoms with Crippen LogP contribution in [0, 0.1) is 0 Å². The molecule has 1 N–H and O–H groups in total. The highest BCUT2D eigenvalue weighted by atomic mass is 35.5. The number of halogens is 2. The Bertz CT molecular complexity index is 654. The zero-order valence-electron chi connectivity index (χ0n) is 11.6. The van der Waals surface area contributed by atoms with Crippen molar-refractivity contribution < 1.29 is 14.3 Å². The van der Waals surface area contributed by atoms with Gasteiger partial charge < -0.3 is 9.52 Å². The van der Waals surface area contributed by atoms with Gasteiger partial charge in [0.25, 0.3) is 0 Å². The summed E-state index contributed by atoms with van der Waals surface area (Å²) in [5.41, 5.74) is 0.824. The summed E-state index contributed by atoms with van der Waals surface area (Å²) in [5, 5.41) is 9.92. The van der Waals surface area contributed by atoms with Crippen LogP contribution in [-0.2, 0) is 11.3 Å². The minimum absolute atomic E-state index is 0.411. The lowest BCUT2D eigenvalue weighted by Crippen LogP contribution is -2.35. The van der Waals surface area contributed by atoms with Crippen molar-refractivity contribution in [1.82, 2.24) is 4.90 Å². The Hall–Kier alpha value is -1.49. The second-order valence-electron chi connectivity index (χ2n) is 4.82. The average molecular weight is 328 g/mol. The van der Waals surface area contributed by atoms with E-state index in [0.717, 1.165) is 5.56 Å². The lowest BCUT2D eigenvalue weighted by atomic mass is 10.2. The summed E-state index contributed by atoms with van der Waals surface area (Å²) >= 11 is 11.9. The van der Waals surface area contributed by atoms with Crippen LogP contribution < -0.4 is 0 Å². The van der Waals surface area contributed by atoms with Crippen molar-refractivity contribution in [3.05, 3.63) is 46.1 Å². The van der Waals surface area contributed by atoms with Gasteiger partial charge in [0.05, 0.1) is 16.6 Å². The second kappa shape index (κ2) is 6.52. The Morgan fingerprint density at radius 2 is 2.00 bits per heavy atom. The first kappa shape index (κ1) is 15.9. The molecule has 1 aromatic carbocycles. The van der Waals surface area contributed by atoms with E-state index < -0.39 is 12.0 Å². The van der Waals surface area contributed by atoms with Crippen molar-refractivity contribution in [1.29, 1.82) is 0 Å². The van der Waals surface area contributed by atoms with Crippen molar-refractivity contribution >= 4 is 29.2 Å². The van der Waals surface area contributed by atoms with E-state index in [4.69, 9.17) is 32.7 Å². The van der Waals surface area contributed by atoms with Crippen LogP contribution in [0.4, 0.5) is 0 Å². The molecule has 112 valence electrons. The standard InChI is InChI=1S/C15H15Cl2NO3/c1-9(15(19)20)18(2)8-11-4-6-14(21-11)10-3-5-12(16)13(17)7-10/h3-7,9H,8H2,1-2H3,(H,19,20). The zero-order chi connectivity index (χ0) is 15.6. The minimum atomic E-state index is -0.867. The molecule has 0 saturated carbocycles. The molecule has 1 heterocycles. The van der Waals surface area contributed by atoms with E-state index in [9.17, 15) is 4.79 Å². The fraction of sp³-hybridized carbons (Fsp3) is 0.267. The van der Waals surface area contributed by atoms with Crippen LogP contribution >= 0.6 is 23.2 Å². The molecule has 0 aliphatic rings. The Morgan fingerprint density at radius 3 is 2.62 bits per heavy atom. The van der Waals surface area contributed by atoms with Gasteiger partial charge in [-0.25, -0.2) is 0 Å². The predicted molar refractivity (Wildman–Crippen MR) is 82.7 cm³/mol. The van der Waals surface area contributed by atoms with Crippen LogP contribution in [-0.4, -0.2) is 29.1 Å². The van der Waals surface area contributed by atoms with Crippen LogP contribution in [0.2, 0.25) is 10.0 Å². The molecule has 0 bridgehead atoms. The van der Waals surface area contributed by atoms with Gasteiger partial charge in [-0.2, -0.15) is 0 Å². The molecular formula is C15H15Cl2NO3. The summed E-state index contributed by atoms with van der Waals surface area (Å²) in [4.78, 5) is 12.6. The van der Waals surface area contributed by atoms with Crippen molar-refractivity contribution in [2.75, 3.05) is 7.05 Å². The molecule has 0 aliphatic carbocycles. The topological polar surface area (TPSA) is 53.7 Å². The Balaban J connectivity index is 2.14. The highest BCUT2D eigenvalue weighted by Crippen LogP contribution is 2.29. The van der Waals surface area contributed by atoms with Gasteiger partial charge in [-0.05, 0) is 44.3 Å². The van der Waals surface area contributed by atoms with Gasteiger partial charge in [-0.1, -0.05) is 23.2 Å². The fourth-order valence-corrected chi connectivity index (χ4v) is 2.14. The SMILES string of the molecule is CC(C(=O)O)N(C)Cc1ccc(-c2ccc(Cl)c(Cl)c2)o1. The number of carboxylic acids is 1. The largest absolute Gasteiger partial charge is 0.480 e. The van der Waals surface area contributed by atoms with Gasteiger partial charge >= 0.3 is 5.97 Å². The lowest BCUT2D eigenvalue weighted by Gasteiger charge is -2.19. The number of hydrogen-bond donors (Lipinski definition) is 1. The van der Waals surface area contributed by atoms with E-state index in [0.29, 0.717) is 28.1 Å². The van der Waals surface area contributed by atoms with Crippen molar-refractivity contribution in [2.45, 2.75) is 19.5 Å². The van der Waals surface area contributed by atoms with Crippen LogP contribution in [0.5, 0.6) is 0 Å². The predicted octanol–water partition coefficient (Wildman–Crippen LogP) is 4.16. The molecule has 2 aromatic rings. The molecule has 0 amide bonds. The minimum Gasteiger partial charge on any atom is -0.480 e. The molecule has 0 saturated heterocycles. The van der Waals surface area contributed by atoms with E-state index in [-0.39, 0.29) is 0 Å². The first-order chi connectivity index (χ1) is 9.88. The molecule has 21 heavy (non-hydrogen) atoms. The molecule has 1 aromatic heterocycles. The van der Waals surface area contributed by atoms with E-state index in [2.05, 4.69) is 0 Å². The van der Waals surface area contributed by atoms with Crippen LogP contribution in [0.3, 0.4) is 0 Å². The normalized spacial score (nSPS) is 12.6. The molecule has 2 rings (SSSR count). The quantitative estimate of drug-likeness (QED) is 0.895. The van der Waals surface area contributed by atoms with Crippen LogP contribution in [0.25, 0.3) is 11.3 Å². The van der Waals surface area contributed by atoms with E-state index in [1.54, 1.807) is 31.0 Å². The molecule has 1 unspecified atom stereocenters. The van der Waals surface area contributed by atoms with Crippen LogP contribution in [0.1, 0.15) is 12.7 Å². The second-order valence-corrected chi connectivity index (χ2v) is 5.64.